The number of nitrogens with one attached hydrogen (secondary N) is 1. The molecule has 5 heteroatoms. The van der Waals surface area contributed by atoms with Crippen molar-refractivity contribution < 1.29 is 4.79 Å². The molecular weight excluding hydrogens is 270 g/mol. The van der Waals surface area contributed by atoms with Gasteiger partial charge in [-0.05, 0) is 18.4 Å². The lowest BCUT2D eigenvalue weighted by Gasteiger charge is -2.07. The van der Waals surface area contributed by atoms with Crippen LogP contribution < -0.4 is 5.32 Å². The minimum Gasteiger partial charge on any atom is -0.355 e. The molecule has 0 aliphatic carbocycles. The highest BCUT2D eigenvalue weighted by molar-refractivity contribution is 8.00. The van der Waals surface area contributed by atoms with Gasteiger partial charge in [0.15, 0.2) is 0 Å². The van der Waals surface area contributed by atoms with E-state index in [1.165, 1.54) is 11.8 Å². The van der Waals surface area contributed by atoms with Crippen molar-refractivity contribution in [2.75, 3.05) is 12.3 Å². The van der Waals surface area contributed by atoms with Crippen molar-refractivity contribution >= 4 is 28.6 Å². The molecule has 2 aromatic rings. The molecule has 0 saturated carbocycles. The topological polar surface area (TPSA) is 54.9 Å². The summed E-state index contributed by atoms with van der Waals surface area (Å²) in [5.74, 6) is 1.05. The van der Waals surface area contributed by atoms with Crippen LogP contribution >= 0.6 is 11.8 Å². The number of benzene rings is 1. The zero-order chi connectivity index (χ0) is 14.4. The van der Waals surface area contributed by atoms with Gasteiger partial charge in [0.25, 0.3) is 0 Å². The fraction of sp³-hybridized carbons (Fsp3) is 0.400. The second kappa shape index (κ2) is 7.24. The molecule has 0 aliphatic rings. The van der Waals surface area contributed by atoms with Crippen molar-refractivity contribution in [2.45, 2.75) is 25.3 Å². The van der Waals surface area contributed by atoms with E-state index in [1.54, 1.807) is 6.33 Å². The Morgan fingerprint density at radius 2 is 2.10 bits per heavy atom. The Hall–Kier alpha value is -1.62. The molecule has 0 aliphatic heterocycles. The second-order valence-corrected chi connectivity index (χ2v) is 5.98. The van der Waals surface area contributed by atoms with Crippen LogP contribution in [0, 0.1) is 5.92 Å². The Bertz CT molecular complexity index is 581. The summed E-state index contributed by atoms with van der Waals surface area (Å²) >= 11 is 1.45. The predicted molar refractivity (Wildman–Crippen MR) is 82.7 cm³/mol. The van der Waals surface area contributed by atoms with E-state index < -0.39 is 0 Å². The van der Waals surface area contributed by atoms with E-state index in [0.29, 0.717) is 11.7 Å². The van der Waals surface area contributed by atoms with Gasteiger partial charge in [-0.1, -0.05) is 43.8 Å². The monoisotopic (exact) mass is 289 g/mol. The van der Waals surface area contributed by atoms with E-state index >= 15 is 0 Å². The SMILES string of the molecule is CC(C)CCNC(=O)CSc1ncnc2ccccc12. The number of hydrogen-bond donors (Lipinski definition) is 1. The summed E-state index contributed by atoms with van der Waals surface area (Å²) in [6.45, 7) is 5.03. The molecule has 1 amide bonds. The van der Waals surface area contributed by atoms with Crippen molar-refractivity contribution in [3.8, 4) is 0 Å². The fourth-order valence-corrected chi connectivity index (χ4v) is 2.60. The van der Waals surface area contributed by atoms with Crippen molar-refractivity contribution in [1.82, 2.24) is 15.3 Å². The maximum absolute atomic E-state index is 11.8. The highest BCUT2D eigenvalue weighted by atomic mass is 32.2. The maximum Gasteiger partial charge on any atom is 0.230 e. The molecule has 106 valence electrons. The van der Waals surface area contributed by atoms with Crippen molar-refractivity contribution in [3.05, 3.63) is 30.6 Å². The second-order valence-electron chi connectivity index (χ2n) is 5.02. The Labute approximate surface area is 123 Å². The lowest BCUT2D eigenvalue weighted by molar-refractivity contribution is -0.118. The number of hydrogen-bond acceptors (Lipinski definition) is 4. The van der Waals surface area contributed by atoms with Gasteiger partial charge < -0.3 is 5.32 Å². The summed E-state index contributed by atoms with van der Waals surface area (Å²) in [5, 5.41) is 4.78. The van der Waals surface area contributed by atoms with Gasteiger partial charge in [-0.25, -0.2) is 9.97 Å². The summed E-state index contributed by atoms with van der Waals surface area (Å²) in [5.41, 5.74) is 0.908. The van der Waals surface area contributed by atoms with E-state index in [-0.39, 0.29) is 5.91 Å². The third-order valence-electron chi connectivity index (χ3n) is 2.89. The molecule has 0 atom stereocenters. The van der Waals surface area contributed by atoms with Gasteiger partial charge in [-0.15, -0.1) is 0 Å². The number of carbonyl (C=O) groups excluding carboxylic acids is 1. The standard InChI is InChI=1S/C15H19N3OS/c1-11(2)7-8-16-14(19)9-20-15-12-5-3-4-6-13(12)17-10-18-15/h3-6,10-11H,7-9H2,1-2H3,(H,16,19). The number of para-hydroxylation sites is 1. The van der Waals surface area contributed by atoms with Crippen LogP contribution in [0.25, 0.3) is 10.9 Å². The highest BCUT2D eigenvalue weighted by Gasteiger charge is 2.07. The van der Waals surface area contributed by atoms with Crippen LogP contribution in [0.3, 0.4) is 0 Å². The zero-order valence-corrected chi connectivity index (χ0v) is 12.6. The first-order valence-electron chi connectivity index (χ1n) is 6.76. The molecule has 0 fully saturated rings. The highest BCUT2D eigenvalue weighted by Crippen LogP contribution is 2.23. The van der Waals surface area contributed by atoms with Crippen LogP contribution in [-0.4, -0.2) is 28.2 Å². The van der Waals surface area contributed by atoms with Crippen molar-refractivity contribution in [3.63, 3.8) is 0 Å². The molecule has 1 heterocycles. The number of nitrogens with zero attached hydrogens (tertiary/aromatic N) is 2. The molecular formula is C15H19N3OS. The largest absolute Gasteiger partial charge is 0.355 e. The number of aromatic nitrogens is 2. The minimum atomic E-state index is 0.0540. The maximum atomic E-state index is 11.8. The molecule has 1 aromatic carbocycles. The predicted octanol–water partition coefficient (Wildman–Crippen LogP) is 2.88. The van der Waals surface area contributed by atoms with Gasteiger partial charge in [0.1, 0.15) is 11.4 Å². The number of carbonyl (C=O) groups is 1. The number of rotatable bonds is 6. The molecule has 20 heavy (non-hydrogen) atoms. The van der Waals surface area contributed by atoms with Crippen molar-refractivity contribution in [2.24, 2.45) is 5.92 Å². The van der Waals surface area contributed by atoms with Crippen LogP contribution in [0.1, 0.15) is 20.3 Å². The zero-order valence-electron chi connectivity index (χ0n) is 11.8. The van der Waals surface area contributed by atoms with Gasteiger partial charge >= 0.3 is 0 Å². The third-order valence-corrected chi connectivity index (χ3v) is 3.90. The first-order valence-corrected chi connectivity index (χ1v) is 7.74. The fourth-order valence-electron chi connectivity index (χ4n) is 1.78. The molecule has 0 unspecified atom stereocenters. The van der Waals surface area contributed by atoms with E-state index in [4.69, 9.17) is 0 Å². The Morgan fingerprint density at radius 3 is 2.90 bits per heavy atom. The van der Waals surface area contributed by atoms with Crippen LogP contribution in [-0.2, 0) is 4.79 Å². The molecule has 1 aromatic heterocycles. The van der Waals surface area contributed by atoms with Crippen LogP contribution in [0.5, 0.6) is 0 Å². The molecule has 0 spiro atoms. The molecule has 4 nitrogen and oxygen atoms in total. The quantitative estimate of drug-likeness (QED) is 0.656. The van der Waals surface area contributed by atoms with Gasteiger partial charge in [0.05, 0.1) is 11.3 Å². The summed E-state index contributed by atoms with van der Waals surface area (Å²) in [6, 6.07) is 7.83. The average Bonchev–Trinajstić information content (AvgIpc) is 2.44. The van der Waals surface area contributed by atoms with Gasteiger partial charge in [-0.3, -0.25) is 4.79 Å². The number of fused-ring (bicyclic) bond motifs is 1. The minimum absolute atomic E-state index is 0.0540. The average molecular weight is 289 g/mol. The Kier molecular flexibility index (Phi) is 5.35. The molecule has 0 bridgehead atoms. The first kappa shape index (κ1) is 14.8. The van der Waals surface area contributed by atoms with Crippen LogP contribution in [0.2, 0.25) is 0 Å². The van der Waals surface area contributed by atoms with Gasteiger partial charge in [0.2, 0.25) is 5.91 Å². The molecule has 2 rings (SSSR count). The first-order chi connectivity index (χ1) is 9.66. The molecule has 0 saturated heterocycles. The van der Waals surface area contributed by atoms with Gasteiger partial charge in [0, 0.05) is 11.9 Å². The molecule has 1 N–H and O–H groups in total. The van der Waals surface area contributed by atoms with Crippen LogP contribution in [0.15, 0.2) is 35.6 Å². The number of amides is 1. The van der Waals surface area contributed by atoms with E-state index in [9.17, 15) is 4.79 Å². The van der Waals surface area contributed by atoms with E-state index in [1.807, 2.05) is 24.3 Å². The number of thioether (sulfide) groups is 1. The van der Waals surface area contributed by atoms with E-state index in [2.05, 4.69) is 29.1 Å². The summed E-state index contributed by atoms with van der Waals surface area (Å²) in [4.78, 5) is 20.2. The smallest absolute Gasteiger partial charge is 0.230 e. The lowest BCUT2D eigenvalue weighted by Crippen LogP contribution is -2.26. The Morgan fingerprint density at radius 1 is 1.30 bits per heavy atom. The summed E-state index contributed by atoms with van der Waals surface area (Å²) in [7, 11) is 0. The Balaban J connectivity index is 1.91. The molecule has 0 radical (unpaired) electrons. The third kappa shape index (κ3) is 4.20. The van der Waals surface area contributed by atoms with Gasteiger partial charge in [-0.2, -0.15) is 0 Å². The normalized spacial score (nSPS) is 10.9. The van der Waals surface area contributed by atoms with E-state index in [0.717, 1.165) is 28.9 Å². The lowest BCUT2D eigenvalue weighted by atomic mass is 10.1. The van der Waals surface area contributed by atoms with Crippen molar-refractivity contribution in [1.29, 1.82) is 0 Å². The summed E-state index contributed by atoms with van der Waals surface area (Å²) in [6.07, 6.45) is 2.55. The summed E-state index contributed by atoms with van der Waals surface area (Å²) < 4.78 is 0. The van der Waals surface area contributed by atoms with Crippen LogP contribution in [0.4, 0.5) is 0 Å².